The number of nitrogens with two attached hydrogens (primary N) is 1. The molecule has 9 heteroatoms. The van der Waals surface area contributed by atoms with Gasteiger partial charge in [-0.15, -0.1) is 0 Å². The number of ether oxygens (including phenoxy) is 3. The average Bonchev–Trinajstić information content (AvgIpc) is 2.68. The number of aliphatic carboxylic acids is 1. The molecule has 9 nitrogen and oxygen atoms in total. The number of carbonyl (C=O) groups excluding carboxylic acids is 3. The van der Waals surface area contributed by atoms with Crippen molar-refractivity contribution in [1.29, 1.82) is 0 Å². The minimum atomic E-state index is -1.76. The lowest BCUT2D eigenvalue weighted by Gasteiger charge is -2.28. The quantitative estimate of drug-likeness (QED) is 0.305. The third-order valence-electron chi connectivity index (χ3n) is 4.97. The number of esters is 3. The van der Waals surface area contributed by atoms with Crippen LogP contribution in [-0.4, -0.2) is 40.6 Å². The molecule has 0 saturated heterocycles. The van der Waals surface area contributed by atoms with Crippen molar-refractivity contribution in [3.63, 3.8) is 0 Å². The average molecular weight is 494 g/mol. The first kappa shape index (κ1) is 30.1. The molecule has 0 amide bonds. The Labute approximate surface area is 207 Å². The zero-order valence-corrected chi connectivity index (χ0v) is 21.6. The van der Waals surface area contributed by atoms with E-state index in [4.69, 9.17) is 19.9 Å². The molecule has 1 aromatic carbocycles. The molecule has 0 saturated carbocycles. The second-order valence-electron chi connectivity index (χ2n) is 10.1. The summed E-state index contributed by atoms with van der Waals surface area (Å²) < 4.78 is 16.1. The smallest absolute Gasteiger partial charge is 0.324 e. The summed E-state index contributed by atoms with van der Waals surface area (Å²) in [6.07, 6.45) is 0.714. The Morgan fingerprint density at radius 1 is 0.943 bits per heavy atom. The fourth-order valence-corrected chi connectivity index (χ4v) is 3.44. The normalized spacial score (nSPS) is 13.9. The number of carboxylic acids is 1. The van der Waals surface area contributed by atoms with Crippen molar-refractivity contribution >= 4 is 23.9 Å². The summed E-state index contributed by atoms with van der Waals surface area (Å²) >= 11 is 0. The van der Waals surface area contributed by atoms with Gasteiger partial charge in [-0.25, -0.2) is 0 Å². The molecule has 2 atom stereocenters. The van der Waals surface area contributed by atoms with E-state index in [9.17, 15) is 24.3 Å². The first-order valence-electron chi connectivity index (χ1n) is 11.9. The van der Waals surface area contributed by atoms with Gasteiger partial charge in [0.15, 0.2) is 11.5 Å². The Bertz CT molecular complexity index is 905. The van der Waals surface area contributed by atoms with Crippen molar-refractivity contribution < 1.29 is 38.5 Å². The maximum absolute atomic E-state index is 12.2. The predicted molar refractivity (Wildman–Crippen MR) is 130 cm³/mol. The zero-order chi connectivity index (χ0) is 26.8. The molecule has 0 aromatic heterocycles. The molecular formula is C26H39NO8. The van der Waals surface area contributed by atoms with E-state index in [-0.39, 0.29) is 49.0 Å². The second-order valence-corrected chi connectivity index (χ2v) is 10.1. The van der Waals surface area contributed by atoms with E-state index in [2.05, 4.69) is 0 Å². The predicted octanol–water partition coefficient (Wildman–Crippen LogP) is 4.18. The maximum atomic E-state index is 12.2. The summed E-state index contributed by atoms with van der Waals surface area (Å²) in [6.45, 7) is 11.0. The van der Waals surface area contributed by atoms with Crippen molar-refractivity contribution in [2.75, 3.05) is 0 Å². The fraction of sp³-hybridized carbons (Fsp3) is 0.615. The van der Waals surface area contributed by atoms with Crippen molar-refractivity contribution in [3.8, 4) is 11.5 Å². The van der Waals surface area contributed by atoms with Gasteiger partial charge in [0, 0.05) is 25.7 Å². The van der Waals surface area contributed by atoms with Crippen LogP contribution >= 0.6 is 0 Å². The largest absolute Gasteiger partial charge is 0.480 e. The summed E-state index contributed by atoms with van der Waals surface area (Å²) in [5, 5.41) is 9.86. The third-order valence-corrected chi connectivity index (χ3v) is 4.97. The highest BCUT2D eigenvalue weighted by molar-refractivity contribution is 5.80. The molecule has 1 aromatic rings. The summed E-state index contributed by atoms with van der Waals surface area (Å²) in [6, 6.07) is 4.46. The molecule has 1 unspecified atom stereocenters. The van der Waals surface area contributed by atoms with Crippen LogP contribution in [0.2, 0.25) is 0 Å². The van der Waals surface area contributed by atoms with Gasteiger partial charge in [0.2, 0.25) is 0 Å². The molecule has 3 N–H and O–H groups in total. The maximum Gasteiger partial charge on any atom is 0.324 e. The lowest BCUT2D eigenvalue weighted by molar-refractivity contribution is -0.154. The third kappa shape index (κ3) is 10.9. The van der Waals surface area contributed by atoms with Crippen molar-refractivity contribution in [3.05, 3.63) is 23.8 Å². The molecule has 0 spiro atoms. The summed E-state index contributed by atoms with van der Waals surface area (Å²) in [5.74, 6) is -2.59. The number of benzene rings is 1. The minimum Gasteiger partial charge on any atom is -0.480 e. The van der Waals surface area contributed by atoms with Gasteiger partial charge in [-0.2, -0.15) is 0 Å². The molecule has 0 bridgehead atoms. The molecule has 196 valence electrons. The summed E-state index contributed by atoms with van der Waals surface area (Å²) in [4.78, 5) is 48.3. The Kier molecular flexibility index (Phi) is 11.4. The van der Waals surface area contributed by atoms with Crippen LogP contribution in [0.5, 0.6) is 11.5 Å². The van der Waals surface area contributed by atoms with E-state index in [1.165, 1.54) is 12.1 Å². The monoisotopic (exact) mass is 493 g/mol. The van der Waals surface area contributed by atoms with E-state index in [1.54, 1.807) is 13.0 Å². The molecule has 0 aliphatic heterocycles. The van der Waals surface area contributed by atoms with Gasteiger partial charge < -0.3 is 25.1 Å². The van der Waals surface area contributed by atoms with E-state index >= 15 is 0 Å². The summed E-state index contributed by atoms with van der Waals surface area (Å²) in [5.41, 5.74) is 4.68. The van der Waals surface area contributed by atoms with Crippen LogP contribution in [0.3, 0.4) is 0 Å². The highest BCUT2D eigenvalue weighted by Crippen LogP contribution is 2.31. The highest BCUT2D eigenvalue weighted by Gasteiger charge is 2.37. The molecule has 0 fully saturated rings. The Morgan fingerprint density at radius 2 is 1.49 bits per heavy atom. The van der Waals surface area contributed by atoms with Gasteiger partial charge in [0.05, 0.1) is 6.42 Å². The molecule has 35 heavy (non-hydrogen) atoms. The first-order valence-corrected chi connectivity index (χ1v) is 11.9. The number of rotatable bonds is 13. The number of hydrogen-bond acceptors (Lipinski definition) is 8. The van der Waals surface area contributed by atoms with Crippen LogP contribution in [0.4, 0.5) is 0 Å². The zero-order valence-electron chi connectivity index (χ0n) is 21.6. The standard InChI is InChI=1S/C26H39NO8/c1-7-9-21(28)34-19-12-11-18(13-20(19)35-22(29)10-8-2)15-26(27,24(31)32)14-17(3)33-23(30)16-25(4,5)6/h11-13,17H,7-10,14-16,27H2,1-6H3,(H,31,32)/t17-,26?/m0/s1. The van der Waals surface area contributed by atoms with Crippen LogP contribution < -0.4 is 15.2 Å². The lowest BCUT2D eigenvalue weighted by atomic mass is 9.86. The van der Waals surface area contributed by atoms with Crippen molar-refractivity contribution in [2.45, 2.75) is 98.1 Å². The van der Waals surface area contributed by atoms with E-state index in [1.807, 2.05) is 34.6 Å². The number of carbonyl (C=O) groups is 4. The number of carboxylic acid groups (broad SMARTS) is 1. The lowest BCUT2D eigenvalue weighted by Crippen LogP contribution is -2.52. The van der Waals surface area contributed by atoms with Crippen LogP contribution in [0.1, 0.15) is 85.6 Å². The molecule has 0 aliphatic rings. The topological polar surface area (TPSA) is 142 Å². The Balaban J connectivity index is 3.12. The number of hydrogen-bond donors (Lipinski definition) is 2. The molecular weight excluding hydrogens is 454 g/mol. The molecule has 0 heterocycles. The fourth-order valence-electron chi connectivity index (χ4n) is 3.44. The van der Waals surface area contributed by atoms with Gasteiger partial charge in [0.25, 0.3) is 0 Å². The van der Waals surface area contributed by atoms with Crippen LogP contribution in [-0.2, 0) is 30.3 Å². The van der Waals surface area contributed by atoms with Gasteiger partial charge in [-0.1, -0.05) is 40.7 Å². The van der Waals surface area contributed by atoms with Gasteiger partial charge in [-0.3, -0.25) is 19.2 Å². The van der Waals surface area contributed by atoms with Crippen molar-refractivity contribution in [1.82, 2.24) is 0 Å². The SMILES string of the molecule is CCCC(=O)Oc1ccc(CC(N)(C[C@H](C)OC(=O)CC(C)(C)C)C(=O)O)cc1OC(=O)CCC. The summed E-state index contributed by atoms with van der Waals surface area (Å²) in [7, 11) is 0. The van der Waals surface area contributed by atoms with Crippen molar-refractivity contribution in [2.24, 2.45) is 11.1 Å². The van der Waals surface area contributed by atoms with E-state index < -0.39 is 35.5 Å². The highest BCUT2D eigenvalue weighted by atomic mass is 16.6. The van der Waals surface area contributed by atoms with E-state index in [0.29, 0.717) is 18.4 Å². The first-order chi connectivity index (χ1) is 16.2. The second kappa shape index (κ2) is 13.2. The van der Waals surface area contributed by atoms with Gasteiger partial charge in [-0.05, 0) is 42.9 Å². The van der Waals surface area contributed by atoms with Crippen LogP contribution in [0, 0.1) is 5.41 Å². The van der Waals surface area contributed by atoms with Crippen LogP contribution in [0.25, 0.3) is 0 Å². The van der Waals surface area contributed by atoms with E-state index in [0.717, 1.165) is 0 Å². The van der Waals surface area contributed by atoms with Gasteiger partial charge in [0.1, 0.15) is 11.6 Å². The Hall–Kier alpha value is -2.94. The van der Waals surface area contributed by atoms with Crippen LogP contribution in [0.15, 0.2) is 18.2 Å². The minimum absolute atomic E-state index is 0.0165. The molecule has 1 rings (SSSR count). The molecule has 0 aliphatic carbocycles. The Morgan fingerprint density at radius 3 is 1.97 bits per heavy atom. The molecule has 0 radical (unpaired) electrons. The van der Waals surface area contributed by atoms with Gasteiger partial charge >= 0.3 is 23.9 Å².